The molecule has 138 valence electrons. The highest BCUT2D eigenvalue weighted by atomic mass is 19.4. The Bertz CT molecular complexity index is 636. The third kappa shape index (κ3) is 4.93. The van der Waals surface area contributed by atoms with Gasteiger partial charge in [0.25, 0.3) is 5.91 Å². The predicted octanol–water partition coefficient (Wildman–Crippen LogP) is 1.04. The van der Waals surface area contributed by atoms with Gasteiger partial charge in [0.15, 0.2) is 0 Å². The fourth-order valence-corrected chi connectivity index (χ4v) is 2.63. The Hall–Kier alpha value is -2.13. The summed E-state index contributed by atoms with van der Waals surface area (Å²) in [5.74, 6) is -0.976. The molecule has 6 nitrogen and oxygen atoms in total. The molecule has 0 spiro atoms. The zero-order valence-electron chi connectivity index (χ0n) is 13.5. The summed E-state index contributed by atoms with van der Waals surface area (Å²) in [6, 6.07) is 3.42. The first-order valence-electron chi connectivity index (χ1n) is 7.65. The summed E-state index contributed by atoms with van der Waals surface area (Å²) in [6.45, 7) is 0.233. The molecular formula is C16H19F3N2O4. The molecule has 0 unspecified atom stereocenters. The van der Waals surface area contributed by atoms with Crippen LogP contribution < -0.4 is 5.32 Å². The van der Waals surface area contributed by atoms with Crippen molar-refractivity contribution in [3.63, 3.8) is 0 Å². The summed E-state index contributed by atoms with van der Waals surface area (Å²) in [4.78, 5) is 25.3. The molecule has 1 saturated heterocycles. The van der Waals surface area contributed by atoms with Gasteiger partial charge in [-0.3, -0.25) is 9.59 Å². The molecule has 1 aliphatic heterocycles. The van der Waals surface area contributed by atoms with Crippen LogP contribution in [-0.4, -0.2) is 60.8 Å². The van der Waals surface area contributed by atoms with E-state index in [1.165, 1.54) is 18.1 Å². The van der Waals surface area contributed by atoms with Crippen LogP contribution in [0.1, 0.15) is 22.3 Å². The average Bonchev–Trinajstić information content (AvgIpc) is 2.56. The van der Waals surface area contributed by atoms with Crippen LogP contribution in [0.4, 0.5) is 13.2 Å². The van der Waals surface area contributed by atoms with E-state index in [9.17, 15) is 27.9 Å². The number of aliphatic hydroxyl groups excluding tert-OH is 1. The number of carbonyl (C=O) groups excluding carboxylic acids is 2. The maximum absolute atomic E-state index is 12.7. The van der Waals surface area contributed by atoms with Gasteiger partial charge in [0.05, 0.1) is 17.7 Å². The molecule has 2 N–H and O–H groups in total. The molecule has 1 aliphatic rings. The van der Waals surface area contributed by atoms with Crippen LogP contribution in [0.25, 0.3) is 0 Å². The van der Waals surface area contributed by atoms with Crippen LogP contribution in [-0.2, 0) is 15.7 Å². The summed E-state index contributed by atoms with van der Waals surface area (Å²) in [6.07, 6.45) is -5.26. The molecule has 2 amide bonds. The minimum absolute atomic E-state index is 0.0235. The quantitative estimate of drug-likeness (QED) is 0.841. The molecule has 1 heterocycles. The first-order chi connectivity index (χ1) is 11.7. The Kier molecular flexibility index (Phi) is 6.02. The van der Waals surface area contributed by atoms with Crippen LogP contribution in [0.2, 0.25) is 0 Å². The van der Waals surface area contributed by atoms with Crippen LogP contribution in [0, 0.1) is 0 Å². The van der Waals surface area contributed by atoms with E-state index in [1.54, 1.807) is 0 Å². The third-order valence-electron chi connectivity index (χ3n) is 3.97. The summed E-state index contributed by atoms with van der Waals surface area (Å²) in [5.41, 5.74) is -1.06. The Balaban J connectivity index is 1.99. The van der Waals surface area contributed by atoms with Crippen molar-refractivity contribution in [3.8, 4) is 0 Å². The van der Waals surface area contributed by atoms with Crippen LogP contribution in [0.5, 0.6) is 0 Å². The SMILES string of the molecule is COCC(=O)N1CC[C@@H](NC(=O)c2cccc(C(F)(F)F)c2)[C@H](O)C1. The number of benzene rings is 1. The van der Waals surface area contributed by atoms with E-state index in [2.05, 4.69) is 5.32 Å². The first kappa shape index (κ1) is 19.2. The van der Waals surface area contributed by atoms with Crippen molar-refractivity contribution in [3.05, 3.63) is 35.4 Å². The standard InChI is InChI=1S/C16H19F3N2O4/c1-25-9-14(23)21-6-5-12(13(22)8-21)20-15(24)10-3-2-4-11(7-10)16(17,18)19/h2-4,7,12-13,22H,5-6,8-9H2,1H3,(H,20,24)/t12-,13-/m1/s1. The lowest BCUT2D eigenvalue weighted by molar-refractivity contribution is -0.139. The second-order valence-electron chi connectivity index (χ2n) is 5.79. The minimum Gasteiger partial charge on any atom is -0.389 e. The summed E-state index contributed by atoms with van der Waals surface area (Å²) < 4.78 is 42.9. The molecular weight excluding hydrogens is 341 g/mol. The molecule has 0 aliphatic carbocycles. The fourth-order valence-electron chi connectivity index (χ4n) is 2.63. The average molecular weight is 360 g/mol. The zero-order chi connectivity index (χ0) is 18.6. The monoisotopic (exact) mass is 360 g/mol. The summed E-state index contributed by atoms with van der Waals surface area (Å²) in [5, 5.41) is 12.6. The maximum Gasteiger partial charge on any atom is 0.416 e. The van der Waals surface area contributed by atoms with E-state index in [-0.39, 0.29) is 24.6 Å². The number of ether oxygens (including phenoxy) is 1. The minimum atomic E-state index is -4.54. The lowest BCUT2D eigenvalue weighted by atomic mass is 10.0. The molecule has 0 saturated carbocycles. The smallest absolute Gasteiger partial charge is 0.389 e. The van der Waals surface area contributed by atoms with Gasteiger partial charge in [0.1, 0.15) is 6.61 Å². The van der Waals surface area contributed by atoms with Gasteiger partial charge in [-0.15, -0.1) is 0 Å². The number of piperidine rings is 1. The number of amides is 2. The van der Waals surface area contributed by atoms with Crippen LogP contribution in [0.15, 0.2) is 24.3 Å². The Labute approximate surface area is 142 Å². The van der Waals surface area contributed by atoms with Crippen LogP contribution >= 0.6 is 0 Å². The lowest BCUT2D eigenvalue weighted by Crippen LogP contribution is -2.55. The summed E-state index contributed by atoms with van der Waals surface area (Å²) >= 11 is 0. The van der Waals surface area contributed by atoms with Crippen molar-refractivity contribution in [2.24, 2.45) is 0 Å². The van der Waals surface area contributed by atoms with Crippen molar-refractivity contribution >= 4 is 11.8 Å². The summed E-state index contributed by atoms with van der Waals surface area (Å²) in [7, 11) is 1.39. The van der Waals surface area contributed by atoms with Gasteiger partial charge < -0.3 is 20.1 Å². The Morgan fingerprint density at radius 3 is 2.72 bits per heavy atom. The largest absolute Gasteiger partial charge is 0.416 e. The second kappa shape index (κ2) is 7.83. The number of β-amino-alcohol motifs (C(OH)–C–C–N with tert-alkyl or cyclic N) is 1. The molecule has 2 rings (SSSR count). The van der Waals surface area contributed by atoms with Crippen molar-refractivity contribution < 1.29 is 32.6 Å². The van der Waals surface area contributed by atoms with E-state index in [0.717, 1.165) is 18.2 Å². The third-order valence-corrected chi connectivity index (χ3v) is 3.97. The number of carbonyl (C=O) groups is 2. The predicted molar refractivity (Wildman–Crippen MR) is 81.8 cm³/mol. The second-order valence-corrected chi connectivity index (χ2v) is 5.79. The fraction of sp³-hybridized carbons (Fsp3) is 0.500. The number of halogens is 3. The number of hydrogen-bond donors (Lipinski definition) is 2. The molecule has 0 aromatic heterocycles. The van der Waals surface area contributed by atoms with E-state index < -0.39 is 29.8 Å². The van der Waals surface area contributed by atoms with Crippen molar-refractivity contribution in [1.29, 1.82) is 0 Å². The molecule has 0 bridgehead atoms. The first-order valence-corrected chi connectivity index (χ1v) is 7.65. The van der Waals surface area contributed by atoms with Gasteiger partial charge in [-0.05, 0) is 24.6 Å². The number of hydrogen-bond acceptors (Lipinski definition) is 4. The molecule has 0 radical (unpaired) electrons. The highest BCUT2D eigenvalue weighted by molar-refractivity contribution is 5.94. The molecule has 1 aromatic rings. The van der Waals surface area contributed by atoms with Gasteiger partial charge in [0.2, 0.25) is 5.91 Å². The number of aliphatic hydroxyl groups is 1. The van der Waals surface area contributed by atoms with Gasteiger partial charge >= 0.3 is 6.18 Å². The molecule has 2 atom stereocenters. The normalized spacial score (nSPS) is 21.1. The van der Waals surface area contributed by atoms with E-state index in [1.807, 2.05) is 0 Å². The van der Waals surface area contributed by atoms with Gasteiger partial charge in [-0.25, -0.2) is 0 Å². The van der Waals surface area contributed by atoms with Crippen molar-refractivity contribution in [1.82, 2.24) is 10.2 Å². The van der Waals surface area contributed by atoms with Gasteiger partial charge in [0, 0.05) is 25.8 Å². The number of likely N-dealkylation sites (tertiary alicyclic amines) is 1. The topological polar surface area (TPSA) is 78.9 Å². The van der Waals surface area contributed by atoms with Crippen molar-refractivity contribution in [2.75, 3.05) is 26.8 Å². The highest BCUT2D eigenvalue weighted by Crippen LogP contribution is 2.29. The lowest BCUT2D eigenvalue weighted by Gasteiger charge is -2.36. The zero-order valence-corrected chi connectivity index (χ0v) is 13.5. The van der Waals surface area contributed by atoms with Crippen LogP contribution in [0.3, 0.4) is 0 Å². The van der Waals surface area contributed by atoms with E-state index in [0.29, 0.717) is 13.0 Å². The van der Waals surface area contributed by atoms with Crippen molar-refractivity contribution in [2.45, 2.75) is 24.7 Å². The van der Waals surface area contributed by atoms with Gasteiger partial charge in [-0.2, -0.15) is 13.2 Å². The maximum atomic E-state index is 12.7. The highest BCUT2D eigenvalue weighted by Gasteiger charge is 2.33. The van der Waals surface area contributed by atoms with E-state index >= 15 is 0 Å². The number of methoxy groups -OCH3 is 1. The Morgan fingerprint density at radius 2 is 2.12 bits per heavy atom. The number of nitrogens with one attached hydrogen (secondary N) is 1. The molecule has 1 aromatic carbocycles. The number of rotatable bonds is 4. The molecule has 9 heteroatoms. The number of nitrogens with zero attached hydrogens (tertiary/aromatic N) is 1. The molecule has 25 heavy (non-hydrogen) atoms. The number of alkyl halides is 3. The Morgan fingerprint density at radius 1 is 1.40 bits per heavy atom. The van der Waals surface area contributed by atoms with Gasteiger partial charge in [-0.1, -0.05) is 6.07 Å². The van der Waals surface area contributed by atoms with E-state index in [4.69, 9.17) is 4.74 Å². The molecule has 1 fully saturated rings.